The fraction of sp³-hybridized carbons (Fsp3) is 0.684. The second kappa shape index (κ2) is 9.90. The van der Waals surface area contributed by atoms with Crippen molar-refractivity contribution in [3.63, 3.8) is 0 Å². The van der Waals surface area contributed by atoms with Gasteiger partial charge in [-0.25, -0.2) is 26.3 Å². The Kier molecular flexibility index (Phi) is 8.69. The van der Waals surface area contributed by atoms with Crippen LogP contribution in [0.4, 0.5) is 48.3 Å². The van der Waals surface area contributed by atoms with Gasteiger partial charge in [0.15, 0.2) is 11.5 Å². The number of phenols is 2. The number of alkyl halides is 11. The number of halogens is 11. The number of aromatic hydroxyl groups is 2. The van der Waals surface area contributed by atoms with Gasteiger partial charge >= 0.3 is 12.1 Å². The quantitative estimate of drug-likeness (QED) is 0.181. The van der Waals surface area contributed by atoms with Gasteiger partial charge in [-0.2, -0.15) is 22.0 Å². The highest BCUT2D eigenvalue weighted by Gasteiger charge is 2.63. The molecule has 0 aliphatic heterocycles. The van der Waals surface area contributed by atoms with Gasteiger partial charge in [0.25, 0.3) is 17.8 Å². The Bertz CT molecular complexity index is 745. The molecule has 0 aliphatic carbocycles. The summed E-state index contributed by atoms with van der Waals surface area (Å²) in [5.74, 6) is -21.0. The lowest BCUT2D eigenvalue weighted by Gasteiger charge is -2.29. The molecular formula is C19H21F11O2. The van der Waals surface area contributed by atoms with Gasteiger partial charge in [-0.3, -0.25) is 0 Å². The molecule has 0 bridgehead atoms. The molecule has 0 saturated heterocycles. The molecule has 13 heteroatoms. The second-order valence-electron chi connectivity index (χ2n) is 7.68. The maximum Gasteiger partial charge on any atom is 0.453 e. The van der Waals surface area contributed by atoms with Gasteiger partial charge in [0.1, 0.15) is 0 Å². The lowest BCUT2D eigenvalue weighted by molar-refractivity contribution is -0.304. The molecular weight excluding hydrogens is 469 g/mol. The molecule has 186 valence electrons. The van der Waals surface area contributed by atoms with E-state index in [1.54, 1.807) is 0 Å². The summed E-state index contributed by atoms with van der Waals surface area (Å²) >= 11 is 0. The number of hydrogen-bond donors (Lipinski definition) is 2. The molecule has 0 radical (unpaired) electrons. The zero-order valence-electron chi connectivity index (χ0n) is 16.4. The van der Waals surface area contributed by atoms with E-state index in [9.17, 15) is 53.4 Å². The van der Waals surface area contributed by atoms with Gasteiger partial charge in [0.2, 0.25) is 0 Å². The van der Waals surface area contributed by atoms with Crippen LogP contribution in [-0.4, -0.2) is 40.1 Å². The predicted octanol–water partition coefficient (Wildman–Crippen LogP) is 7.47. The van der Waals surface area contributed by atoms with E-state index < -0.39 is 55.5 Å². The number of rotatable bonds is 12. The summed E-state index contributed by atoms with van der Waals surface area (Å²) in [4.78, 5) is 0. The standard InChI is InChI=1S/C19H21F11O2/c20-15(21,7-3-1-2-4-12-5-6-13(31)14(32)8-12)9-16(22,23)10-17(24,25)11-18(26,27)19(28,29)30/h5-6,8,31-32H,1-4,7,9-11H2. The Morgan fingerprint density at radius 3 is 1.66 bits per heavy atom. The summed E-state index contributed by atoms with van der Waals surface area (Å²) in [6, 6.07) is 3.92. The lowest BCUT2D eigenvalue weighted by atomic mass is 9.96. The molecule has 1 rings (SSSR count). The Hall–Kier alpha value is -1.95. The molecule has 0 amide bonds. The van der Waals surface area contributed by atoms with Crippen LogP contribution in [0.15, 0.2) is 18.2 Å². The minimum atomic E-state index is -6.39. The molecule has 0 heterocycles. The first-order valence-electron chi connectivity index (χ1n) is 9.34. The third-order valence-corrected chi connectivity index (χ3v) is 4.48. The minimum Gasteiger partial charge on any atom is -0.504 e. The van der Waals surface area contributed by atoms with Crippen LogP contribution < -0.4 is 0 Å². The molecule has 2 nitrogen and oxygen atoms in total. The van der Waals surface area contributed by atoms with E-state index in [0.29, 0.717) is 18.4 Å². The highest BCUT2D eigenvalue weighted by Crippen LogP contribution is 2.47. The van der Waals surface area contributed by atoms with Crippen molar-refractivity contribution < 1.29 is 58.5 Å². The highest BCUT2D eigenvalue weighted by atomic mass is 19.4. The summed E-state index contributed by atoms with van der Waals surface area (Å²) in [6.07, 6.45) is -15.7. The summed E-state index contributed by atoms with van der Waals surface area (Å²) < 4.78 is 143. The molecule has 0 saturated carbocycles. The molecule has 1 aromatic carbocycles. The highest BCUT2D eigenvalue weighted by molar-refractivity contribution is 5.40. The average molecular weight is 490 g/mol. The van der Waals surface area contributed by atoms with Crippen LogP contribution in [0.1, 0.15) is 50.5 Å². The second-order valence-corrected chi connectivity index (χ2v) is 7.68. The van der Waals surface area contributed by atoms with Gasteiger partial charge in [0.05, 0.1) is 19.3 Å². The van der Waals surface area contributed by atoms with Crippen molar-refractivity contribution in [3.05, 3.63) is 23.8 Å². The van der Waals surface area contributed by atoms with Gasteiger partial charge in [-0.15, -0.1) is 0 Å². The fourth-order valence-electron chi connectivity index (χ4n) is 3.01. The molecule has 0 spiro atoms. The van der Waals surface area contributed by atoms with Crippen LogP contribution in [-0.2, 0) is 6.42 Å². The molecule has 0 aromatic heterocycles. The first-order valence-corrected chi connectivity index (χ1v) is 9.34. The summed E-state index contributed by atoms with van der Waals surface area (Å²) in [7, 11) is 0. The Morgan fingerprint density at radius 1 is 0.594 bits per heavy atom. The van der Waals surface area contributed by atoms with Crippen LogP contribution >= 0.6 is 0 Å². The third-order valence-electron chi connectivity index (χ3n) is 4.48. The molecule has 1 aromatic rings. The van der Waals surface area contributed by atoms with Crippen LogP contribution in [0.25, 0.3) is 0 Å². The molecule has 0 aliphatic rings. The smallest absolute Gasteiger partial charge is 0.453 e. The van der Waals surface area contributed by atoms with Gasteiger partial charge in [0, 0.05) is 6.42 Å². The minimum absolute atomic E-state index is 0.108. The maximum absolute atomic E-state index is 13.8. The van der Waals surface area contributed by atoms with Crippen molar-refractivity contribution in [2.24, 2.45) is 0 Å². The molecule has 0 unspecified atom stereocenters. The van der Waals surface area contributed by atoms with Crippen molar-refractivity contribution >= 4 is 0 Å². The number of unbranched alkanes of at least 4 members (excludes halogenated alkanes) is 2. The van der Waals surface area contributed by atoms with Crippen LogP contribution in [0, 0.1) is 0 Å². The number of benzene rings is 1. The van der Waals surface area contributed by atoms with Gasteiger partial charge in [-0.05, 0) is 37.0 Å². The van der Waals surface area contributed by atoms with E-state index in [-0.39, 0.29) is 24.3 Å². The molecule has 0 fully saturated rings. The topological polar surface area (TPSA) is 40.5 Å². The van der Waals surface area contributed by atoms with Gasteiger partial charge < -0.3 is 10.2 Å². The van der Waals surface area contributed by atoms with Crippen molar-refractivity contribution in [2.75, 3.05) is 0 Å². The first kappa shape index (κ1) is 28.1. The first-order chi connectivity index (χ1) is 14.3. The summed E-state index contributed by atoms with van der Waals surface area (Å²) in [5, 5.41) is 18.5. The monoisotopic (exact) mass is 490 g/mol. The Balaban J connectivity index is 2.52. The predicted molar refractivity (Wildman–Crippen MR) is 91.6 cm³/mol. The fourth-order valence-corrected chi connectivity index (χ4v) is 3.01. The van der Waals surface area contributed by atoms with Crippen molar-refractivity contribution in [1.82, 2.24) is 0 Å². The van der Waals surface area contributed by atoms with E-state index in [0.717, 1.165) is 0 Å². The van der Waals surface area contributed by atoms with E-state index in [4.69, 9.17) is 5.11 Å². The van der Waals surface area contributed by atoms with Crippen LogP contribution in [0.2, 0.25) is 0 Å². The van der Waals surface area contributed by atoms with E-state index >= 15 is 0 Å². The van der Waals surface area contributed by atoms with Crippen molar-refractivity contribution in [3.8, 4) is 11.5 Å². The average Bonchev–Trinajstić information content (AvgIpc) is 2.53. The van der Waals surface area contributed by atoms with E-state index in [1.165, 1.54) is 18.2 Å². The molecule has 2 N–H and O–H groups in total. The Morgan fingerprint density at radius 2 is 1.12 bits per heavy atom. The summed E-state index contributed by atoms with van der Waals surface area (Å²) in [6.45, 7) is 0. The van der Waals surface area contributed by atoms with Crippen LogP contribution in [0.3, 0.4) is 0 Å². The maximum atomic E-state index is 13.8. The van der Waals surface area contributed by atoms with E-state index in [2.05, 4.69) is 0 Å². The Labute approximate surface area is 176 Å². The zero-order valence-corrected chi connectivity index (χ0v) is 16.4. The summed E-state index contributed by atoms with van der Waals surface area (Å²) in [5.41, 5.74) is 0.566. The SMILES string of the molecule is Oc1ccc(CCCCCC(F)(F)CC(F)(F)CC(F)(F)CC(F)(F)C(F)(F)F)cc1O. The van der Waals surface area contributed by atoms with E-state index in [1.807, 2.05) is 0 Å². The zero-order chi connectivity index (χ0) is 25.0. The normalized spacial score (nSPS) is 14.1. The van der Waals surface area contributed by atoms with Gasteiger partial charge in [-0.1, -0.05) is 12.5 Å². The van der Waals surface area contributed by atoms with Crippen molar-refractivity contribution in [1.29, 1.82) is 0 Å². The molecule has 32 heavy (non-hydrogen) atoms. The molecule has 0 atom stereocenters. The lowest BCUT2D eigenvalue weighted by Crippen LogP contribution is -2.44. The number of aryl methyl sites for hydroxylation is 1. The van der Waals surface area contributed by atoms with Crippen LogP contribution in [0.5, 0.6) is 11.5 Å². The largest absolute Gasteiger partial charge is 0.504 e. The third kappa shape index (κ3) is 9.27. The van der Waals surface area contributed by atoms with Crippen molar-refractivity contribution in [2.45, 2.75) is 81.2 Å². The number of phenolic OH excluding ortho intramolecular Hbond substituents is 2. The number of hydrogen-bond acceptors (Lipinski definition) is 2.